The topological polar surface area (TPSA) is 154 Å². The van der Waals surface area contributed by atoms with E-state index in [1.165, 1.54) is 16.8 Å². The number of carbonyl (C=O) groups is 1. The summed E-state index contributed by atoms with van der Waals surface area (Å²) < 4.78 is 36.2. The first kappa shape index (κ1) is 22.0. The second-order valence-corrected chi connectivity index (χ2v) is 8.82. The van der Waals surface area contributed by atoms with Gasteiger partial charge in [0.15, 0.2) is 18.5 Å². The van der Waals surface area contributed by atoms with Gasteiger partial charge < -0.3 is 20.7 Å². The number of amides is 1. The smallest absolute Gasteiger partial charge is 0.387 e. The van der Waals surface area contributed by atoms with Gasteiger partial charge in [0, 0.05) is 24.9 Å². The molecule has 31 heavy (non-hydrogen) atoms. The van der Waals surface area contributed by atoms with Gasteiger partial charge in [0.25, 0.3) is 12.1 Å². The number of carbonyl (C=O) groups excluding carboxylic acids is 1. The van der Waals surface area contributed by atoms with Crippen LogP contribution < -0.4 is 10.3 Å². The fourth-order valence-corrected chi connectivity index (χ4v) is 4.84. The fraction of sp³-hybridized carbons (Fsp3) is 0.421. The van der Waals surface area contributed by atoms with Crippen molar-refractivity contribution >= 4 is 13.7 Å². The maximum atomic E-state index is 12.9. The Bertz CT molecular complexity index is 978. The van der Waals surface area contributed by atoms with Crippen LogP contribution in [0.3, 0.4) is 0 Å². The molecule has 6 atom stereocenters. The monoisotopic (exact) mass is 452 g/mol. The number of rotatable bonds is 6. The van der Waals surface area contributed by atoms with E-state index < -0.39 is 44.4 Å². The van der Waals surface area contributed by atoms with E-state index in [2.05, 4.69) is 4.98 Å². The minimum Gasteiger partial charge on any atom is -0.387 e. The maximum Gasteiger partial charge on any atom is 0.475 e. The maximum absolute atomic E-state index is 12.9. The summed E-state index contributed by atoms with van der Waals surface area (Å²) in [4.78, 5) is 15.4. The van der Waals surface area contributed by atoms with E-state index in [0.717, 1.165) is 5.56 Å². The molecule has 2 fully saturated rings. The molecule has 0 radical (unpaired) electrons. The van der Waals surface area contributed by atoms with Gasteiger partial charge in [0.1, 0.15) is 17.8 Å². The van der Waals surface area contributed by atoms with Crippen molar-refractivity contribution in [1.82, 2.24) is 4.98 Å². The number of pyridine rings is 2. The predicted molar refractivity (Wildman–Crippen MR) is 103 cm³/mol. The quantitative estimate of drug-likeness (QED) is 0.417. The lowest BCUT2D eigenvalue weighted by Gasteiger charge is -2.29. The minimum atomic E-state index is -3.91. The molecule has 2 aromatic heterocycles. The lowest BCUT2D eigenvalue weighted by Crippen LogP contribution is -2.46. The van der Waals surface area contributed by atoms with Crippen LogP contribution in [0.4, 0.5) is 0 Å². The second kappa shape index (κ2) is 9.09. The lowest BCUT2D eigenvalue weighted by molar-refractivity contribution is -0.765. The van der Waals surface area contributed by atoms with Crippen LogP contribution in [0, 0.1) is 0 Å². The first-order valence-electron chi connectivity index (χ1n) is 9.66. The summed E-state index contributed by atoms with van der Waals surface area (Å²) >= 11 is 0. The van der Waals surface area contributed by atoms with Gasteiger partial charge in [0.2, 0.25) is 0 Å². The van der Waals surface area contributed by atoms with Crippen LogP contribution in [0.2, 0.25) is 0 Å². The molecule has 0 aliphatic carbocycles. The van der Waals surface area contributed by atoms with Crippen molar-refractivity contribution in [1.29, 1.82) is 0 Å². The number of phosphoric ester groups is 1. The van der Waals surface area contributed by atoms with Crippen molar-refractivity contribution < 1.29 is 42.4 Å². The van der Waals surface area contributed by atoms with Gasteiger partial charge in [-0.1, -0.05) is 6.07 Å². The van der Waals surface area contributed by atoms with Crippen LogP contribution in [0.15, 0.2) is 49.1 Å². The molecule has 2 aliphatic heterocycles. The Morgan fingerprint density at radius 3 is 2.90 bits per heavy atom. The molecule has 0 aromatic carbocycles. The van der Waals surface area contributed by atoms with E-state index >= 15 is 0 Å². The van der Waals surface area contributed by atoms with Gasteiger partial charge in [-0.15, -0.1) is 0 Å². The first-order chi connectivity index (χ1) is 14.9. The van der Waals surface area contributed by atoms with Crippen molar-refractivity contribution in [2.24, 2.45) is 5.73 Å². The lowest BCUT2D eigenvalue weighted by atomic mass is 10.1. The summed E-state index contributed by atoms with van der Waals surface area (Å²) in [5.41, 5.74) is 6.23. The number of aromatic nitrogens is 2. The highest BCUT2D eigenvalue weighted by Crippen LogP contribution is 2.57. The molecular weight excluding hydrogens is 429 g/mol. The minimum absolute atomic E-state index is 0.159. The number of hydrogen-bond donors (Lipinski definition) is 3. The third-order valence-electron chi connectivity index (χ3n) is 5.08. The zero-order valence-electron chi connectivity index (χ0n) is 16.4. The average Bonchev–Trinajstić information content (AvgIpc) is 3.07. The van der Waals surface area contributed by atoms with Gasteiger partial charge in [-0.25, -0.2) is 4.57 Å². The molecule has 4 rings (SSSR count). The molecule has 166 valence electrons. The first-order valence-corrected chi connectivity index (χ1v) is 11.1. The number of nitrogens with zero attached hydrogens (tertiary/aromatic N) is 2. The number of phosphoric acid groups is 1. The number of hydrogen-bond acceptors (Lipinski definition) is 9. The summed E-state index contributed by atoms with van der Waals surface area (Å²) in [7, 11) is -3.91. The second-order valence-electron chi connectivity index (χ2n) is 7.20. The van der Waals surface area contributed by atoms with Gasteiger partial charge in [-0.2, -0.15) is 4.57 Å². The molecule has 2 aliphatic rings. The zero-order valence-corrected chi connectivity index (χ0v) is 17.3. The normalized spacial score (nSPS) is 33.3. The van der Waals surface area contributed by atoms with E-state index in [1.807, 2.05) is 0 Å². The summed E-state index contributed by atoms with van der Waals surface area (Å²) in [6.45, 7) is -0.187. The average molecular weight is 452 g/mol. The van der Waals surface area contributed by atoms with Gasteiger partial charge in [0.05, 0.1) is 19.3 Å². The molecule has 3 unspecified atom stereocenters. The molecule has 11 nitrogen and oxygen atoms in total. The Balaban J connectivity index is 1.41. The van der Waals surface area contributed by atoms with Gasteiger partial charge >= 0.3 is 7.82 Å². The molecule has 1 amide bonds. The Morgan fingerprint density at radius 1 is 1.32 bits per heavy atom. The molecule has 12 heteroatoms. The van der Waals surface area contributed by atoms with Crippen LogP contribution >= 0.6 is 7.82 Å². The van der Waals surface area contributed by atoms with E-state index in [-0.39, 0.29) is 18.8 Å². The summed E-state index contributed by atoms with van der Waals surface area (Å²) in [5.74, 6) is -0.643. The third kappa shape index (κ3) is 4.83. The van der Waals surface area contributed by atoms with Crippen LogP contribution in [0.5, 0.6) is 0 Å². The van der Waals surface area contributed by atoms with Crippen molar-refractivity contribution in [2.45, 2.75) is 37.1 Å². The molecule has 2 saturated heterocycles. The van der Waals surface area contributed by atoms with Crippen LogP contribution in [0.25, 0.3) is 0 Å². The van der Waals surface area contributed by atoms with Crippen LogP contribution in [-0.2, 0) is 22.9 Å². The molecule has 4 heterocycles. The summed E-state index contributed by atoms with van der Waals surface area (Å²) in [6.07, 6.45) is 1.51. The molecular formula is C19H23N3O8P+. The van der Waals surface area contributed by atoms with Crippen LogP contribution in [-0.4, -0.2) is 52.6 Å². The SMILES string of the molecule is NC(=O)c1ccc[n+]([C@@H]2OC(COP3(=O)OCCC(c4cccnc4)O3)[C@@H](O)[C@H]2O)c1. The van der Waals surface area contributed by atoms with Crippen molar-refractivity contribution in [3.05, 3.63) is 60.2 Å². The molecule has 0 bridgehead atoms. The molecule has 0 saturated carbocycles. The van der Waals surface area contributed by atoms with E-state index in [1.54, 1.807) is 36.8 Å². The number of nitrogens with two attached hydrogens (primary N) is 1. The fourth-order valence-electron chi connectivity index (χ4n) is 3.45. The third-order valence-corrected chi connectivity index (χ3v) is 6.55. The Hall–Kier alpha value is -2.24. The van der Waals surface area contributed by atoms with E-state index in [0.29, 0.717) is 6.42 Å². The Morgan fingerprint density at radius 2 is 2.16 bits per heavy atom. The highest BCUT2D eigenvalue weighted by Gasteiger charge is 2.49. The Labute approximate surface area is 178 Å². The predicted octanol–water partition coefficient (Wildman–Crippen LogP) is 0.390. The van der Waals surface area contributed by atoms with Gasteiger partial charge in [-0.3, -0.25) is 23.3 Å². The van der Waals surface area contributed by atoms with Crippen LogP contribution in [0.1, 0.15) is 34.7 Å². The number of aliphatic hydroxyl groups excluding tert-OH is 2. The summed E-state index contributed by atoms with van der Waals surface area (Å²) in [5, 5.41) is 20.8. The van der Waals surface area contributed by atoms with E-state index in [4.69, 9.17) is 24.0 Å². The zero-order chi connectivity index (χ0) is 22.0. The number of primary amides is 1. The number of aliphatic hydroxyl groups is 2. The van der Waals surface area contributed by atoms with Crippen molar-refractivity contribution in [3.8, 4) is 0 Å². The standard InChI is InChI=1S/C19H22N3O8P/c20-18(25)13-4-2-7-22(10-13)19-17(24)16(23)15(29-19)11-28-31(26)27-8-5-14(30-31)12-3-1-6-21-9-12/h1-4,6-7,9-10,14-17,19,23-24H,5,8,11H2,(H-,20,25)/p+1/t14?,15?,16-,17-,19-,31?/m1/s1. The van der Waals surface area contributed by atoms with Crippen molar-refractivity contribution in [2.75, 3.05) is 13.2 Å². The van der Waals surface area contributed by atoms with Crippen molar-refractivity contribution in [3.63, 3.8) is 0 Å². The Kier molecular flexibility index (Phi) is 6.44. The number of ether oxygens (including phenoxy) is 1. The highest BCUT2D eigenvalue weighted by molar-refractivity contribution is 7.48. The summed E-state index contributed by atoms with van der Waals surface area (Å²) in [6, 6.07) is 6.62. The molecule has 4 N–H and O–H groups in total. The van der Waals surface area contributed by atoms with Gasteiger partial charge in [-0.05, 0) is 17.7 Å². The largest absolute Gasteiger partial charge is 0.475 e. The van der Waals surface area contributed by atoms with E-state index in [9.17, 15) is 19.6 Å². The molecule has 0 spiro atoms. The highest BCUT2D eigenvalue weighted by atomic mass is 31.2. The molecule has 2 aromatic rings.